The number of rotatable bonds is 7. The Morgan fingerprint density at radius 1 is 1.08 bits per heavy atom. The number of amides is 1. The van der Waals surface area contributed by atoms with Crippen molar-refractivity contribution in [3.05, 3.63) is 65.2 Å². The van der Waals surface area contributed by atoms with Crippen molar-refractivity contribution in [2.75, 3.05) is 12.1 Å². The van der Waals surface area contributed by atoms with Crippen LogP contribution in [0.25, 0.3) is 0 Å². The summed E-state index contributed by atoms with van der Waals surface area (Å²) in [5, 5.41) is 2.77. The van der Waals surface area contributed by atoms with Gasteiger partial charge in [-0.15, -0.1) is 0 Å². The van der Waals surface area contributed by atoms with E-state index in [9.17, 15) is 9.59 Å². The monoisotopic (exact) mass is 356 g/mol. The SMILES string of the molecule is CC(C)NC(=O)c1ccc(C=O)cc1.CCCONc1ccc(C)cc1. The van der Waals surface area contributed by atoms with Crippen LogP contribution < -0.4 is 10.8 Å². The predicted octanol–water partition coefficient (Wildman–Crippen LogP) is 4.39. The van der Waals surface area contributed by atoms with Crippen LogP contribution in [0, 0.1) is 6.92 Å². The Balaban J connectivity index is 0.000000263. The molecule has 0 aliphatic heterocycles. The van der Waals surface area contributed by atoms with Gasteiger partial charge >= 0.3 is 0 Å². The van der Waals surface area contributed by atoms with E-state index in [2.05, 4.69) is 36.8 Å². The van der Waals surface area contributed by atoms with Gasteiger partial charge in [-0.25, -0.2) is 0 Å². The second-order valence-corrected chi connectivity index (χ2v) is 6.18. The number of aldehydes is 1. The Bertz CT molecular complexity index is 665. The van der Waals surface area contributed by atoms with Crippen molar-refractivity contribution in [2.45, 2.75) is 40.2 Å². The van der Waals surface area contributed by atoms with E-state index in [1.165, 1.54) is 5.56 Å². The average molecular weight is 356 g/mol. The summed E-state index contributed by atoms with van der Waals surface area (Å²) in [5.74, 6) is -0.113. The molecule has 0 radical (unpaired) electrons. The molecule has 0 spiro atoms. The number of anilines is 1. The van der Waals surface area contributed by atoms with E-state index in [0.717, 1.165) is 25.0 Å². The highest BCUT2D eigenvalue weighted by atomic mass is 16.6. The number of hydrogen-bond acceptors (Lipinski definition) is 4. The standard InChI is InChI=1S/C11H13NO2.C10H15NO/c1-8(2)12-11(14)10-5-3-9(7-13)4-6-10;1-3-8-12-11-10-6-4-9(2)5-7-10/h3-8H,1-2H3,(H,12,14);4-7,11H,3,8H2,1-2H3. The van der Waals surface area contributed by atoms with Crippen molar-refractivity contribution in [3.8, 4) is 0 Å². The maximum atomic E-state index is 11.5. The zero-order valence-electron chi connectivity index (χ0n) is 15.9. The summed E-state index contributed by atoms with van der Waals surface area (Å²) in [6, 6.07) is 14.8. The third kappa shape index (κ3) is 8.44. The summed E-state index contributed by atoms with van der Waals surface area (Å²) >= 11 is 0. The van der Waals surface area contributed by atoms with Gasteiger partial charge < -0.3 is 5.32 Å². The first-order valence-corrected chi connectivity index (χ1v) is 8.76. The molecule has 2 aromatic rings. The minimum Gasteiger partial charge on any atom is -0.350 e. The molecule has 0 atom stereocenters. The molecule has 0 heterocycles. The van der Waals surface area contributed by atoms with Crippen molar-refractivity contribution in [1.82, 2.24) is 5.32 Å². The van der Waals surface area contributed by atoms with Crippen molar-refractivity contribution in [1.29, 1.82) is 0 Å². The van der Waals surface area contributed by atoms with Crippen molar-refractivity contribution >= 4 is 17.9 Å². The van der Waals surface area contributed by atoms with Gasteiger partial charge in [-0.05, 0) is 51.5 Å². The quantitative estimate of drug-likeness (QED) is 0.439. The molecule has 2 aromatic carbocycles. The zero-order chi connectivity index (χ0) is 19.4. The van der Waals surface area contributed by atoms with Gasteiger partial charge in [-0.1, -0.05) is 36.8 Å². The molecular formula is C21H28N2O3. The van der Waals surface area contributed by atoms with Gasteiger partial charge in [-0.2, -0.15) is 0 Å². The summed E-state index contributed by atoms with van der Waals surface area (Å²) in [4.78, 5) is 27.0. The first-order valence-electron chi connectivity index (χ1n) is 8.76. The van der Waals surface area contributed by atoms with Crippen LogP contribution in [0.1, 0.15) is 53.5 Å². The summed E-state index contributed by atoms with van der Waals surface area (Å²) in [5.41, 5.74) is 6.29. The second-order valence-electron chi connectivity index (χ2n) is 6.18. The molecule has 26 heavy (non-hydrogen) atoms. The van der Waals surface area contributed by atoms with Crippen LogP contribution in [0.4, 0.5) is 5.69 Å². The van der Waals surface area contributed by atoms with E-state index < -0.39 is 0 Å². The Labute approximate surface area is 155 Å². The van der Waals surface area contributed by atoms with E-state index in [1.807, 2.05) is 26.0 Å². The van der Waals surface area contributed by atoms with Crippen LogP contribution in [0.2, 0.25) is 0 Å². The van der Waals surface area contributed by atoms with E-state index in [4.69, 9.17) is 4.84 Å². The molecule has 0 fully saturated rings. The molecule has 2 N–H and O–H groups in total. The molecule has 1 amide bonds. The van der Waals surface area contributed by atoms with Gasteiger partial charge in [0.05, 0.1) is 12.3 Å². The molecule has 2 rings (SSSR count). The molecule has 0 saturated carbocycles. The molecule has 0 aliphatic rings. The molecule has 5 heteroatoms. The highest BCUT2D eigenvalue weighted by molar-refractivity contribution is 5.94. The lowest BCUT2D eigenvalue weighted by Gasteiger charge is -2.07. The lowest BCUT2D eigenvalue weighted by Crippen LogP contribution is -2.29. The summed E-state index contributed by atoms with van der Waals surface area (Å²) in [6.07, 6.45) is 1.78. The molecule has 0 bridgehead atoms. The summed E-state index contributed by atoms with van der Waals surface area (Å²) in [6.45, 7) is 8.69. The first-order chi connectivity index (χ1) is 12.5. The van der Waals surface area contributed by atoms with E-state index in [1.54, 1.807) is 24.3 Å². The fraction of sp³-hybridized carbons (Fsp3) is 0.333. The van der Waals surface area contributed by atoms with Crippen molar-refractivity contribution in [3.63, 3.8) is 0 Å². The van der Waals surface area contributed by atoms with Crippen LogP contribution in [-0.4, -0.2) is 24.8 Å². The molecule has 0 aromatic heterocycles. The van der Waals surface area contributed by atoms with Gasteiger partial charge in [0.2, 0.25) is 0 Å². The number of carbonyl (C=O) groups is 2. The van der Waals surface area contributed by atoms with Gasteiger partial charge in [0.25, 0.3) is 5.91 Å². The Hall–Kier alpha value is -2.66. The van der Waals surface area contributed by atoms with Crippen molar-refractivity contribution < 1.29 is 14.4 Å². The Kier molecular flexibility index (Phi) is 9.72. The second kappa shape index (κ2) is 11.8. The lowest BCUT2D eigenvalue weighted by atomic mass is 10.1. The smallest absolute Gasteiger partial charge is 0.251 e. The normalized spacial score (nSPS) is 9.88. The molecule has 0 saturated heterocycles. The van der Waals surface area contributed by atoms with Crippen LogP contribution in [0.15, 0.2) is 48.5 Å². The highest BCUT2D eigenvalue weighted by Gasteiger charge is 2.05. The molecule has 0 aliphatic carbocycles. The van der Waals surface area contributed by atoms with E-state index in [0.29, 0.717) is 11.1 Å². The third-order valence-corrected chi connectivity index (χ3v) is 3.28. The molecule has 5 nitrogen and oxygen atoms in total. The third-order valence-electron chi connectivity index (χ3n) is 3.28. The lowest BCUT2D eigenvalue weighted by molar-refractivity contribution is 0.0942. The number of benzene rings is 2. The largest absolute Gasteiger partial charge is 0.350 e. The van der Waals surface area contributed by atoms with Crippen LogP contribution >= 0.6 is 0 Å². The Morgan fingerprint density at radius 3 is 2.19 bits per heavy atom. The Morgan fingerprint density at radius 2 is 1.69 bits per heavy atom. The van der Waals surface area contributed by atoms with Crippen LogP contribution in [-0.2, 0) is 4.84 Å². The van der Waals surface area contributed by atoms with Gasteiger partial charge in [0, 0.05) is 17.2 Å². The van der Waals surface area contributed by atoms with E-state index >= 15 is 0 Å². The number of nitrogens with one attached hydrogen (secondary N) is 2. The maximum Gasteiger partial charge on any atom is 0.251 e. The van der Waals surface area contributed by atoms with Crippen LogP contribution in [0.5, 0.6) is 0 Å². The van der Waals surface area contributed by atoms with Crippen LogP contribution in [0.3, 0.4) is 0 Å². The average Bonchev–Trinajstić information content (AvgIpc) is 2.63. The highest BCUT2D eigenvalue weighted by Crippen LogP contribution is 2.08. The fourth-order valence-corrected chi connectivity index (χ4v) is 1.92. The number of carbonyl (C=O) groups excluding carboxylic acids is 2. The predicted molar refractivity (Wildman–Crippen MR) is 105 cm³/mol. The summed E-state index contributed by atoms with van der Waals surface area (Å²) in [7, 11) is 0. The first kappa shape index (κ1) is 21.4. The number of hydrogen-bond donors (Lipinski definition) is 2. The number of aryl methyl sites for hydroxylation is 1. The minimum atomic E-state index is -0.113. The van der Waals surface area contributed by atoms with E-state index in [-0.39, 0.29) is 11.9 Å². The fourth-order valence-electron chi connectivity index (χ4n) is 1.92. The van der Waals surface area contributed by atoms with Gasteiger partial charge in [-0.3, -0.25) is 19.9 Å². The minimum absolute atomic E-state index is 0.113. The van der Waals surface area contributed by atoms with Gasteiger partial charge in [0.15, 0.2) is 0 Å². The van der Waals surface area contributed by atoms with Gasteiger partial charge in [0.1, 0.15) is 6.29 Å². The zero-order valence-corrected chi connectivity index (χ0v) is 15.9. The molecule has 0 unspecified atom stereocenters. The maximum absolute atomic E-state index is 11.5. The topological polar surface area (TPSA) is 67.4 Å². The molecule has 140 valence electrons. The molecular weight excluding hydrogens is 328 g/mol. The summed E-state index contributed by atoms with van der Waals surface area (Å²) < 4.78 is 0. The van der Waals surface area contributed by atoms with Crippen molar-refractivity contribution in [2.24, 2.45) is 0 Å².